The summed E-state index contributed by atoms with van der Waals surface area (Å²) < 4.78 is 11.1. The van der Waals surface area contributed by atoms with E-state index in [0.29, 0.717) is 29.5 Å². The topological polar surface area (TPSA) is 35.3 Å². The molecule has 0 aliphatic rings. The van der Waals surface area contributed by atoms with Gasteiger partial charge in [-0.25, -0.2) is 0 Å². The van der Waals surface area contributed by atoms with Gasteiger partial charge in [-0.15, -0.1) is 11.6 Å². The van der Waals surface area contributed by atoms with Gasteiger partial charge in [-0.2, -0.15) is 0 Å². The molecule has 5 heteroatoms. The van der Waals surface area contributed by atoms with Crippen LogP contribution >= 0.6 is 23.2 Å². The zero-order valence-electron chi connectivity index (χ0n) is 11.2. The Balaban J connectivity index is 1.77. The first-order valence-electron chi connectivity index (χ1n) is 6.58. The molecular weight excluding hydrogens is 309 g/mol. The van der Waals surface area contributed by atoms with E-state index in [2.05, 4.69) is 5.16 Å². The summed E-state index contributed by atoms with van der Waals surface area (Å²) in [7, 11) is 0. The largest absolute Gasteiger partial charge is 0.489 e. The van der Waals surface area contributed by atoms with E-state index in [4.69, 9.17) is 32.5 Å². The molecule has 0 spiro atoms. The molecule has 0 saturated carbocycles. The second-order valence-electron chi connectivity index (χ2n) is 4.61. The number of ether oxygens (including phenoxy) is 1. The highest BCUT2D eigenvalue weighted by molar-refractivity contribution is 6.31. The number of hydrogen-bond donors (Lipinski definition) is 0. The van der Waals surface area contributed by atoms with Crippen LogP contribution in [-0.4, -0.2) is 11.0 Å². The lowest BCUT2D eigenvalue weighted by Crippen LogP contribution is -1.95. The molecule has 0 bridgehead atoms. The maximum Gasteiger partial charge on any atom is 0.170 e. The summed E-state index contributed by atoms with van der Waals surface area (Å²) in [4.78, 5) is 0. The van der Waals surface area contributed by atoms with Crippen molar-refractivity contribution in [2.24, 2.45) is 0 Å². The molecule has 0 aliphatic carbocycles. The van der Waals surface area contributed by atoms with Crippen molar-refractivity contribution < 1.29 is 9.26 Å². The van der Waals surface area contributed by atoms with Gasteiger partial charge in [-0.1, -0.05) is 35.0 Å². The first-order valence-corrected chi connectivity index (χ1v) is 7.49. The van der Waals surface area contributed by atoms with Crippen molar-refractivity contribution in [1.29, 1.82) is 0 Å². The second kappa shape index (κ2) is 6.37. The number of nitrogens with zero attached hydrogens (tertiary/aromatic N) is 1. The van der Waals surface area contributed by atoms with Crippen molar-refractivity contribution in [3.05, 3.63) is 58.7 Å². The summed E-state index contributed by atoms with van der Waals surface area (Å²) >= 11 is 11.8. The van der Waals surface area contributed by atoms with Gasteiger partial charge in [0, 0.05) is 34.3 Å². The van der Waals surface area contributed by atoms with Gasteiger partial charge in [-0.05, 0) is 18.2 Å². The molecule has 0 radical (unpaired) electrons. The molecule has 3 rings (SSSR count). The second-order valence-corrected chi connectivity index (χ2v) is 5.39. The lowest BCUT2D eigenvalue weighted by molar-refractivity contribution is 0.306. The first-order chi connectivity index (χ1) is 10.3. The Hall–Kier alpha value is -1.71. The van der Waals surface area contributed by atoms with E-state index in [-0.39, 0.29) is 0 Å². The predicted octanol–water partition coefficient (Wildman–Crippen LogP) is 4.84. The van der Waals surface area contributed by atoms with Crippen LogP contribution in [0.4, 0.5) is 0 Å². The Labute approximate surface area is 132 Å². The summed E-state index contributed by atoms with van der Waals surface area (Å²) in [6, 6.07) is 13.3. The molecule has 0 N–H and O–H groups in total. The molecule has 0 amide bonds. The van der Waals surface area contributed by atoms with E-state index in [1.807, 2.05) is 42.5 Å². The summed E-state index contributed by atoms with van der Waals surface area (Å²) in [6.07, 6.45) is 0.689. The van der Waals surface area contributed by atoms with E-state index in [0.717, 1.165) is 22.4 Å². The fourth-order valence-corrected chi connectivity index (χ4v) is 2.48. The van der Waals surface area contributed by atoms with Crippen molar-refractivity contribution in [2.75, 3.05) is 5.88 Å². The summed E-state index contributed by atoms with van der Waals surface area (Å²) in [5.41, 5.74) is 2.52. The number of halogens is 2. The van der Waals surface area contributed by atoms with Gasteiger partial charge in [-0.3, -0.25) is 0 Å². The highest BCUT2D eigenvalue weighted by Crippen LogP contribution is 2.25. The predicted molar refractivity (Wildman–Crippen MR) is 84.2 cm³/mol. The molecule has 0 atom stereocenters. The van der Waals surface area contributed by atoms with Crippen molar-refractivity contribution >= 4 is 34.2 Å². The Kier molecular flexibility index (Phi) is 4.32. The van der Waals surface area contributed by atoms with Gasteiger partial charge in [0.15, 0.2) is 5.58 Å². The lowest BCUT2D eigenvalue weighted by Gasteiger charge is -2.07. The zero-order chi connectivity index (χ0) is 14.7. The summed E-state index contributed by atoms with van der Waals surface area (Å²) in [5, 5.41) is 5.69. The van der Waals surface area contributed by atoms with Crippen molar-refractivity contribution in [1.82, 2.24) is 5.16 Å². The Bertz CT molecular complexity index is 755. The van der Waals surface area contributed by atoms with Crippen LogP contribution in [0.25, 0.3) is 11.0 Å². The van der Waals surface area contributed by atoms with Crippen molar-refractivity contribution in [2.45, 2.75) is 13.0 Å². The highest BCUT2D eigenvalue weighted by Gasteiger charge is 2.09. The summed E-state index contributed by atoms with van der Waals surface area (Å²) in [5.74, 6) is 1.24. The molecule has 3 nitrogen and oxygen atoms in total. The maximum absolute atomic E-state index is 6.10. The number of hydrogen-bond acceptors (Lipinski definition) is 3. The van der Waals surface area contributed by atoms with Crippen LogP contribution in [0.1, 0.15) is 11.3 Å². The fraction of sp³-hybridized carbons (Fsp3) is 0.188. The van der Waals surface area contributed by atoms with Gasteiger partial charge < -0.3 is 9.26 Å². The van der Waals surface area contributed by atoms with Crippen LogP contribution < -0.4 is 4.74 Å². The fourth-order valence-electron chi connectivity index (χ4n) is 2.11. The van der Waals surface area contributed by atoms with Crippen molar-refractivity contribution in [3.63, 3.8) is 0 Å². The smallest absolute Gasteiger partial charge is 0.170 e. The van der Waals surface area contributed by atoms with Crippen molar-refractivity contribution in [3.8, 4) is 5.75 Å². The van der Waals surface area contributed by atoms with E-state index in [1.54, 1.807) is 0 Å². The molecule has 108 valence electrons. The van der Waals surface area contributed by atoms with Gasteiger partial charge in [0.1, 0.15) is 12.4 Å². The third kappa shape index (κ3) is 3.14. The number of fused-ring (bicyclic) bond motifs is 1. The van der Waals surface area contributed by atoms with E-state index < -0.39 is 0 Å². The quantitative estimate of drug-likeness (QED) is 0.630. The molecule has 1 heterocycles. The SMILES string of the molecule is ClCCc1noc2cc(OCc3ccccc3Cl)ccc12. The normalized spacial score (nSPS) is 11.0. The molecule has 2 aromatic carbocycles. The number of rotatable bonds is 5. The highest BCUT2D eigenvalue weighted by atomic mass is 35.5. The molecule has 0 saturated heterocycles. The number of aryl methyl sites for hydroxylation is 1. The van der Waals surface area contributed by atoms with Crippen LogP contribution in [-0.2, 0) is 13.0 Å². The Morgan fingerprint density at radius 1 is 1.14 bits per heavy atom. The van der Waals surface area contributed by atoms with E-state index >= 15 is 0 Å². The van der Waals surface area contributed by atoms with Gasteiger partial charge >= 0.3 is 0 Å². The zero-order valence-corrected chi connectivity index (χ0v) is 12.7. The van der Waals surface area contributed by atoms with Gasteiger partial charge in [0.25, 0.3) is 0 Å². The van der Waals surface area contributed by atoms with Crippen LogP contribution in [0.5, 0.6) is 5.75 Å². The van der Waals surface area contributed by atoms with Crippen LogP contribution in [0.15, 0.2) is 47.0 Å². The van der Waals surface area contributed by atoms with Crippen LogP contribution in [0, 0.1) is 0 Å². The average Bonchev–Trinajstić information content (AvgIpc) is 2.89. The minimum atomic E-state index is 0.411. The standard InChI is InChI=1S/C16H13Cl2NO2/c17-8-7-15-13-6-5-12(9-16(13)21-19-15)20-10-11-3-1-2-4-14(11)18/h1-6,9H,7-8,10H2. The minimum Gasteiger partial charge on any atom is -0.489 e. The van der Waals surface area contributed by atoms with Crippen LogP contribution in [0.2, 0.25) is 5.02 Å². The maximum atomic E-state index is 6.10. The summed E-state index contributed by atoms with van der Waals surface area (Å²) in [6.45, 7) is 0.411. The molecule has 3 aromatic rings. The number of benzene rings is 2. The average molecular weight is 322 g/mol. The van der Waals surface area contributed by atoms with Crippen LogP contribution in [0.3, 0.4) is 0 Å². The number of alkyl halides is 1. The molecule has 0 unspecified atom stereocenters. The third-order valence-electron chi connectivity index (χ3n) is 3.20. The Morgan fingerprint density at radius 2 is 2.00 bits per heavy atom. The molecule has 21 heavy (non-hydrogen) atoms. The third-order valence-corrected chi connectivity index (χ3v) is 3.76. The van der Waals surface area contributed by atoms with E-state index in [1.165, 1.54) is 0 Å². The molecule has 0 fully saturated rings. The first kappa shape index (κ1) is 14.2. The number of aromatic nitrogens is 1. The molecule has 0 aliphatic heterocycles. The van der Waals surface area contributed by atoms with Gasteiger partial charge in [0.2, 0.25) is 0 Å². The molecule has 1 aromatic heterocycles. The minimum absolute atomic E-state index is 0.411. The monoisotopic (exact) mass is 321 g/mol. The molecular formula is C16H13Cl2NO2. The van der Waals surface area contributed by atoms with E-state index in [9.17, 15) is 0 Å². The lowest BCUT2D eigenvalue weighted by atomic mass is 10.2. The van der Waals surface area contributed by atoms with Gasteiger partial charge in [0.05, 0.1) is 5.69 Å². The Morgan fingerprint density at radius 3 is 2.81 bits per heavy atom.